The molecule has 0 saturated heterocycles. The molecule has 0 aliphatic carbocycles. The molecule has 2 aromatic rings. The molecule has 2 rings (SSSR count). The van der Waals surface area contributed by atoms with Crippen LogP contribution in [0, 0.1) is 0 Å². The molecule has 0 aliphatic heterocycles. The summed E-state index contributed by atoms with van der Waals surface area (Å²) < 4.78 is 0. The van der Waals surface area contributed by atoms with E-state index in [2.05, 4.69) is 19.9 Å². The average molecular weight is 208 g/mol. The van der Waals surface area contributed by atoms with Crippen molar-refractivity contribution in [2.45, 2.75) is 0 Å². The highest BCUT2D eigenvalue weighted by molar-refractivity contribution is 6.35. The Morgan fingerprint density at radius 2 is 2.00 bits per heavy atom. The second-order valence-corrected chi connectivity index (χ2v) is 2.89. The van der Waals surface area contributed by atoms with E-state index in [9.17, 15) is 0 Å². The van der Waals surface area contributed by atoms with Gasteiger partial charge in [0, 0.05) is 12.4 Å². The maximum absolute atomic E-state index is 5.91. The summed E-state index contributed by atoms with van der Waals surface area (Å²) in [6, 6.07) is 0. The number of aromatic nitrogens is 4. The number of halogens is 1. The van der Waals surface area contributed by atoms with Crippen molar-refractivity contribution in [2.75, 3.05) is 5.73 Å². The zero-order chi connectivity index (χ0) is 9.97. The summed E-state index contributed by atoms with van der Waals surface area (Å²) in [6.07, 6.45) is 6.03. The monoisotopic (exact) mass is 207 g/mol. The van der Waals surface area contributed by atoms with Crippen molar-refractivity contribution in [1.29, 1.82) is 0 Å². The van der Waals surface area contributed by atoms with Crippen LogP contribution in [0.1, 0.15) is 0 Å². The lowest BCUT2D eigenvalue weighted by Gasteiger charge is -2.02. The maximum Gasteiger partial charge on any atom is 0.146 e. The summed E-state index contributed by atoms with van der Waals surface area (Å²) in [5.74, 6) is 0.238. The van der Waals surface area contributed by atoms with Gasteiger partial charge in [-0.25, -0.2) is 9.97 Å². The van der Waals surface area contributed by atoms with Gasteiger partial charge in [0.1, 0.15) is 28.6 Å². The Morgan fingerprint density at radius 1 is 1.14 bits per heavy atom. The van der Waals surface area contributed by atoms with Crippen LogP contribution in [0.4, 0.5) is 5.82 Å². The van der Waals surface area contributed by atoms with Crippen LogP contribution in [-0.2, 0) is 0 Å². The Kier molecular flexibility index (Phi) is 2.24. The van der Waals surface area contributed by atoms with Gasteiger partial charge < -0.3 is 5.73 Å². The highest BCUT2D eigenvalue weighted by Crippen LogP contribution is 2.26. The fourth-order valence-corrected chi connectivity index (χ4v) is 1.18. The zero-order valence-corrected chi connectivity index (χ0v) is 7.81. The molecule has 0 aromatic carbocycles. The summed E-state index contributed by atoms with van der Waals surface area (Å²) in [5, 5.41) is 0.299. The lowest BCUT2D eigenvalue weighted by atomic mass is 10.3. The third kappa shape index (κ3) is 1.49. The lowest BCUT2D eigenvalue weighted by molar-refractivity contribution is 1.13. The first kappa shape index (κ1) is 8.83. The SMILES string of the molecule is Nc1ncnc(-c2cnccn2)c1Cl. The van der Waals surface area contributed by atoms with E-state index in [1.165, 1.54) is 6.33 Å². The molecule has 2 N–H and O–H groups in total. The fourth-order valence-electron chi connectivity index (χ4n) is 0.983. The van der Waals surface area contributed by atoms with E-state index in [4.69, 9.17) is 17.3 Å². The van der Waals surface area contributed by atoms with E-state index < -0.39 is 0 Å². The van der Waals surface area contributed by atoms with Gasteiger partial charge >= 0.3 is 0 Å². The largest absolute Gasteiger partial charge is 0.382 e. The molecule has 5 nitrogen and oxygen atoms in total. The van der Waals surface area contributed by atoms with Crippen molar-refractivity contribution in [3.8, 4) is 11.4 Å². The smallest absolute Gasteiger partial charge is 0.146 e. The molecule has 2 aromatic heterocycles. The van der Waals surface area contributed by atoms with Crippen LogP contribution in [0.2, 0.25) is 5.02 Å². The van der Waals surface area contributed by atoms with Gasteiger partial charge in [-0.05, 0) is 0 Å². The molecule has 0 fully saturated rings. The lowest BCUT2D eigenvalue weighted by Crippen LogP contribution is -1.96. The maximum atomic E-state index is 5.91. The Labute approximate surface area is 85.0 Å². The Bertz CT molecular complexity index is 445. The highest BCUT2D eigenvalue weighted by atomic mass is 35.5. The number of nitrogen functional groups attached to an aromatic ring is 1. The van der Waals surface area contributed by atoms with Crippen LogP contribution in [0.25, 0.3) is 11.4 Å². The Morgan fingerprint density at radius 3 is 2.71 bits per heavy atom. The number of hydrogen-bond acceptors (Lipinski definition) is 5. The third-order valence-electron chi connectivity index (χ3n) is 1.62. The van der Waals surface area contributed by atoms with Crippen LogP contribution in [0.5, 0.6) is 0 Å². The number of hydrogen-bond donors (Lipinski definition) is 1. The molecule has 0 unspecified atom stereocenters. The van der Waals surface area contributed by atoms with Gasteiger partial charge in [-0.3, -0.25) is 9.97 Å². The van der Waals surface area contributed by atoms with Gasteiger partial charge in [-0.15, -0.1) is 0 Å². The first-order valence-electron chi connectivity index (χ1n) is 3.81. The molecule has 14 heavy (non-hydrogen) atoms. The molecule has 0 bridgehead atoms. The van der Waals surface area contributed by atoms with Gasteiger partial charge in [0.15, 0.2) is 0 Å². The van der Waals surface area contributed by atoms with Crippen LogP contribution in [-0.4, -0.2) is 19.9 Å². The van der Waals surface area contributed by atoms with Crippen molar-refractivity contribution in [3.05, 3.63) is 29.9 Å². The second kappa shape index (κ2) is 3.55. The minimum Gasteiger partial charge on any atom is -0.382 e. The van der Waals surface area contributed by atoms with Crippen LogP contribution < -0.4 is 5.73 Å². The fraction of sp³-hybridized carbons (Fsp3) is 0. The third-order valence-corrected chi connectivity index (χ3v) is 1.99. The molecule has 0 amide bonds. The summed E-state index contributed by atoms with van der Waals surface area (Å²) in [7, 11) is 0. The predicted molar refractivity (Wildman–Crippen MR) is 52.5 cm³/mol. The van der Waals surface area contributed by atoms with E-state index in [0.29, 0.717) is 16.4 Å². The summed E-state index contributed by atoms with van der Waals surface area (Å²) in [5.41, 5.74) is 6.60. The number of anilines is 1. The number of nitrogens with zero attached hydrogens (tertiary/aromatic N) is 4. The van der Waals surface area contributed by atoms with E-state index in [1.807, 2.05) is 0 Å². The van der Waals surface area contributed by atoms with E-state index >= 15 is 0 Å². The van der Waals surface area contributed by atoms with Crippen LogP contribution >= 0.6 is 11.6 Å². The molecule has 6 heteroatoms. The van der Waals surface area contributed by atoms with E-state index in [0.717, 1.165) is 0 Å². The van der Waals surface area contributed by atoms with Crippen molar-refractivity contribution in [3.63, 3.8) is 0 Å². The van der Waals surface area contributed by atoms with Crippen molar-refractivity contribution in [1.82, 2.24) is 19.9 Å². The molecule has 70 valence electrons. The molecular weight excluding hydrogens is 202 g/mol. The van der Waals surface area contributed by atoms with Crippen LogP contribution in [0.3, 0.4) is 0 Å². The van der Waals surface area contributed by atoms with Gasteiger partial charge in [-0.1, -0.05) is 11.6 Å². The van der Waals surface area contributed by atoms with Crippen molar-refractivity contribution < 1.29 is 0 Å². The molecule has 0 spiro atoms. The standard InChI is InChI=1S/C8H6ClN5/c9-6-7(13-4-14-8(6)10)5-3-11-1-2-12-5/h1-4H,(H2,10,13,14). The quantitative estimate of drug-likeness (QED) is 0.760. The molecule has 0 aliphatic rings. The molecule has 0 saturated carbocycles. The van der Waals surface area contributed by atoms with Gasteiger partial charge in [0.25, 0.3) is 0 Å². The Hall–Kier alpha value is -1.75. The normalized spacial score (nSPS) is 10.1. The number of nitrogens with two attached hydrogens (primary N) is 1. The first-order chi connectivity index (χ1) is 6.79. The predicted octanol–water partition coefficient (Wildman–Crippen LogP) is 1.17. The minimum absolute atomic E-state index is 0.238. The van der Waals surface area contributed by atoms with Gasteiger partial charge in [0.05, 0.1) is 6.20 Å². The topological polar surface area (TPSA) is 77.6 Å². The molecule has 0 radical (unpaired) electrons. The van der Waals surface area contributed by atoms with E-state index in [1.54, 1.807) is 18.6 Å². The molecular formula is C8H6ClN5. The second-order valence-electron chi connectivity index (χ2n) is 2.51. The summed E-state index contributed by atoms with van der Waals surface area (Å²) in [6.45, 7) is 0. The van der Waals surface area contributed by atoms with Crippen molar-refractivity contribution >= 4 is 17.4 Å². The molecule has 0 atom stereocenters. The van der Waals surface area contributed by atoms with Gasteiger partial charge in [-0.2, -0.15) is 0 Å². The summed E-state index contributed by atoms with van der Waals surface area (Å²) in [4.78, 5) is 15.7. The number of rotatable bonds is 1. The first-order valence-corrected chi connectivity index (χ1v) is 4.19. The van der Waals surface area contributed by atoms with Gasteiger partial charge in [0.2, 0.25) is 0 Å². The molecule has 2 heterocycles. The Balaban J connectivity index is 2.58. The summed E-state index contributed by atoms with van der Waals surface area (Å²) >= 11 is 5.91. The minimum atomic E-state index is 0.238. The van der Waals surface area contributed by atoms with E-state index in [-0.39, 0.29) is 5.82 Å². The highest BCUT2D eigenvalue weighted by Gasteiger charge is 2.09. The van der Waals surface area contributed by atoms with Crippen molar-refractivity contribution in [2.24, 2.45) is 0 Å². The zero-order valence-electron chi connectivity index (χ0n) is 7.05. The van der Waals surface area contributed by atoms with Crippen LogP contribution in [0.15, 0.2) is 24.9 Å². The average Bonchev–Trinajstić information content (AvgIpc) is 2.23.